The summed E-state index contributed by atoms with van der Waals surface area (Å²) in [6, 6.07) is 8.37. The highest BCUT2D eigenvalue weighted by Crippen LogP contribution is 2.24. The summed E-state index contributed by atoms with van der Waals surface area (Å²) in [6.45, 7) is 4.11. The number of likely N-dealkylation sites (tertiary alicyclic amines) is 1. The number of methoxy groups -OCH3 is 1. The van der Waals surface area contributed by atoms with Crippen LogP contribution in [0.5, 0.6) is 5.75 Å². The number of nitrogens with one attached hydrogen (secondary N) is 1. The number of ether oxygens (including phenoxy) is 1. The number of carbonyl (C=O) groups excluding carboxylic acids is 1. The quantitative estimate of drug-likeness (QED) is 0.782. The molecular formula is C22H34N2O2. The van der Waals surface area contributed by atoms with Crippen LogP contribution in [-0.4, -0.2) is 37.6 Å². The summed E-state index contributed by atoms with van der Waals surface area (Å²) in [5.41, 5.74) is 1.34. The van der Waals surface area contributed by atoms with Gasteiger partial charge in [-0.1, -0.05) is 37.8 Å². The molecule has 1 saturated heterocycles. The molecule has 0 aromatic heterocycles. The fourth-order valence-corrected chi connectivity index (χ4v) is 4.27. The van der Waals surface area contributed by atoms with Crippen molar-refractivity contribution in [2.75, 3.05) is 26.7 Å². The van der Waals surface area contributed by atoms with Crippen LogP contribution in [0.15, 0.2) is 24.3 Å². The Morgan fingerprint density at radius 1 is 1.04 bits per heavy atom. The van der Waals surface area contributed by atoms with Gasteiger partial charge >= 0.3 is 0 Å². The summed E-state index contributed by atoms with van der Waals surface area (Å²) < 4.78 is 5.22. The van der Waals surface area contributed by atoms with Crippen molar-refractivity contribution in [3.05, 3.63) is 29.8 Å². The van der Waals surface area contributed by atoms with E-state index in [4.69, 9.17) is 4.74 Å². The zero-order chi connectivity index (χ0) is 18.2. The first-order valence-corrected chi connectivity index (χ1v) is 10.4. The van der Waals surface area contributed by atoms with Crippen molar-refractivity contribution in [3.63, 3.8) is 0 Å². The summed E-state index contributed by atoms with van der Waals surface area (Å²) in [6.07, 6.45) is 9.59. The van der Waals surface area contributed by atoms with E-state index in [0.29, 0.717) is 11.8 Å². The van der Waals surface area contributed by atoms with Crippen molar-refractivity contribution in [2.45, 2.75) is 57.9 Å². The zero-order valence-electron chi connectivity index (χ0n) is 16.2. The van der Waals surface area contributed by atoms with Crippen molar-refractivity contribution < 1.29 is 9.53 Å². The lowest BCUT2D eigenvalue weighted by molar-refractivity contribution is -0.125. The number of hydrogen-bond acceptors (Lipinski definition) is 3. The number of piperidine rings is 1. The predicted molar refractivity (Wildman–Crippen MR) is 105 cm³/mol. The first kappa shape index (κ1) is 19.2. The first-order chi connectivity index (χ1) is 12.7. The highest BCUT2D eigenvalue weighted by Gasteiger charge is 2.23. The molecule has 144 valence electrons. The lowest BCUT2D eigenvalue weighted by atomic mass is 9.95. The van der Waals surface area contributed by atoms with Gasteiger partial charge in [0.25, 0.3) is 0 Å². The summed E-state index contributed by atoms with van der Waals surface area (Å²) >= 11 is 0. The Morgan fingerprint density at radius 2 is 1.69 bits per heavy atom. The van der Waals surface area contributed by atoms with E-state index in [1.54, 1.807) is 7.11 Å². The van der Waals surface area contributed by atoms with E-state index in [9.17, 15) is 4.79 Å². The smallest absolute Gasteiger partial charge is 0.223 e. The maximum Gasteiger partial charge on any atom is 0.223 e. The van der Waals surface area contributed by atoms with Crippen molar-refractivity contribution in [3.8, 4) is 5.75 Å². The van der Waals surface area contributed by atoms with Gasteiger partial charge in [-0.05, 0) is 62.4 Å². The van der Waals surface area contributed by atoms with Gasteiger partial charge in [-0.15, -0.1) is 0 Å². The van der Waals surface area contributed by atoms with Gasteiger partial charge in [0.15, 0.2) is 0 Å². The topological polar surface area (TPSA) is 41.6 Å². The summed E-state index contributed by atoms with van der Waals surface area (Å²) in [4.78, 5) is 14.9. The standard InChI is InChI=1S/C22H34N2O2/c1-26-21-10-8-19(9-11-21)17-24-14-12-18(13-15-24)16-23-22(25)20-6-4-2-3-5-7-20/h8-11,18,20H,2-7,12-17H2,1H3,(H,23,25). The average Bonchev–Trinajstić information content (AvgIpc) is 2.97. The molecule has 2 fully saturated rings. The Kier molecular flexibility index (Phi) is 7.36. The predicted octanol–water partition coefficient (Wildman–Crippen LogP) is 3.99. The fourth-order valence-electron chi connectivity index (χ4n) is 4.27. The Labute approximate surface area is 158 Å². The number of amides is 1. The van der Waals surface area contributed by atoms with Gasteiger partial charge in [0, 0.05) is 19.0 Å². The molecule has 1 aromatic rings. The summed E-state index contributed by atoms with van der Waals surface area (Å²) in [5.74, 6) is 2.13. The minimum absolute atomic E-state index is 0.271. The number of nitrogens with zero attached hydrogens (tertiary/aromatic N) is 1. The van der Waals surface area contributed by atoms with E-state index >= 15 is 0 Å². The number of hydrogen-bond donors (Lipinski definition) is 1. The van der Waals surface area contributed by atoms with Crippen LogP contribution in [-0.2, 0) is 11.3 Å². The third kappa shape index (κ3) is 5.73. The summed E-state index contributed by atoms with van der Waals surface area (Å²) in [7, 11) is 1.70. The van der Waals surface area contributed by atoms with Crippen LogP contribution < -0.4 is 10.1 Å². The largest absolute Gasteiger partial charge is 0.497 e. The fraction of sp³-hybridized carbons (Fsp3) is 0.682. The molecule has 0 unspecified atom stereocenters. The van der Waals surface area contributed by atoms with Gasteiger partial charge in [0.2, 0.25) is 5.91 Å². The van der Waals surface area contributed by atoms with E-state index in [2.05, 4.69) is 22.3 Å². The zero-order valence-corrected chi connectivity index (χ0v) is 16.2. The lowest BCUT2D eigenvalue weighted by Crippen LogP contribution is -2.39. The molecule has 3 rings (SSSR count). The third-order valence-electron chi connectivity index (χ3n) is 6.06. The molecule has 4 heteroatoms. The molecule has 1 saturated carbocycles. The molecule has 1 amide bonds. The van der Waals surface area contributed by atoms with Gasteiger partial charge in [0.05, 0.1) is 7.11 Å². The van der Waals surface area contributed by atoms with E-state index in [1.165, 1.54) is 44.1 Å². The van der Waals surface area contributed by atoms with Gasteiger partial charge in [-0.2, -0.15) is 0 Å². The van der Waals surface area contributed by atoms with Gasteiger partial charge in [-0.25, -0.2) is 0 Å². The van der Waals surface area contributed by atoms with Crippen LogP contribution in [0.1, 0.15) is 56.9 Å². The molecule has 1 aliphatic heterocycles. The Morgan fingerprint density at radius 3 is 2.31 bits per heavy atom. The van der Waals surface area contributed by atoms with Crippen molar-refractivity contribution >= 4 is 5.91 Å². The van der Waals surface area contributed by atoms with E-state index in [-0.39, 0.29) is 5.92 Å². The average molecular weight is 359 g/mol. The number of benzene rings is 1. The molecule has 1 aliphatic carbocycles. The Bertz CT molecular complexity index is 542. The molecule has 0 atom stereocenters. The van der Waals surface area contributed by atoms with Crippen LogP contribution in [0.25, 0.3) is 0 Å². The summed E-state index contributed by atoms with van der Waals surface area (Å²) in [5, 5.41) is 3.26. The molecule has 1 heterocycles. The van der Waals surface area contributed by atoms with Crippen LogP contribution in [0.4, 0.5) is 0 Å². The van der Waals surface area contributed by atoms with Gasteiger partial charge < -0.3 is 10.1 Å². The molecule has 1 N–H and O–H groups in total. The first-order valence-electron chi connectivity index (χ1n) is 10.4. The molecule has 0 bridgehead atoms. The van der Waals surface area contributed by atoms with E-state index in [0.717, 1.165) is 44.8 Å². The molecule has 2 aliphatic rings. The minimum Gasteiger partial charge on any atom is -0.497 e. The second-order valence-corrected chi connectivity index (χ2v) is 8.00. The monoisotopic (exact) mass is 358 g/mol. The maximum atomic E-state index is 12.4. The number of carbonyl (C=O) groups is 1. The lowest BCUT2D eigenvalue weighted by Gasteiger charge is -2.32. The molecule has 0 radical (unpaired) electrons. The van der Waals surface area contributed by atoms with Crippen LogP contribution in [0, 0.1) is 11.8 Å². The maximum absolute atomic E-state index is 12.4. The van der Waals surface area contributed by atoms with Crippen LogP contribution in [0.2, 0.25) is 0 Å². The van der Waals surface area contributed by atoms with E-state index < -0.39 is 0 Å². The molecule has 4 nitrogen and oxygen atoms in total. The third-order valence-corrected chi connectivity index (χ3v) is 6.06. The molecule has 1 aromatic carbocycles. The van der Waals surface area contributed by atoms with Gasteiger partial charge in [0.1, 0.15) is 5.75 Å². The van der Waals surface area contributed by atoms with Crippen LogP contribution in [0.3, 0.4) is 0 Å². The molecule has 0 spiro atoms. The Balaban J connectivity index is 1.36. The van der Waals surface area contributed by atoms with Crippen molar-refractivity contribution in [1.29, 1.82) is 0 Å². The normalized spacial score (nSPS) is 20.5. The van der Waals surface area contributed by atoms with Crippen molar-refractivity contribution in [2.24, 2.45) is 11.8 Å². The second kappa shape index (κ2) is 9.96. The SMILES string of the molecule is COc1ccc(CN2CCC(CNC(=O)C3CCCCCC3)CC2)cc1. The second-order valence-electron chi connectivity index (χ2n) is 8.00. The highest BCUT2D eigenvalue weighted by molar-refractivity contribution is 5.78. The van der Waals surface area contributed by atoms with Gasteiger partial charge in [-0.3, -0.25) is 9.69 Å². The molecule has 26 heavy (non-hydrogen) atoms. The van der Waals surface area contributed by atoms with Crippen LogP contribution >= 0.6 is 0 Å². The highest BCUT2D eigenvalue weighted by atomic mass is 16.5. The minimum atomic E-state index is 0.271. The van der Waals surface area contributed by atoms with E-state index in [1.807, 2.05) is 12.1 Å². The number of rotatable bonds is 6. The molecular weight excluding hydrogens is 324 g/mol. The Hall–Kier alpha value is -1.55. The van der Waals surface area contributed by atoms with Crippen molar-refractivity contribution in [1.82, 2.24) is 10.2 Å².